The number of carbonyl (C=O) groups excluding carboxylic acids is 1. The summed E-state index contributed by atoms with van der Waals surface area (Å²) >= 11 is 1.54. The van der Waals surface area contributed by atoms with Gasteiger partial charge in [-0.15, -0.1) is 0 Å². The lowest BCUT2D eigenvalue weighted by Gasteiger charge is -2.12. The van der Waals surface area contributed by atoms with Crippen LogP contribution in [-0.4, -0.2) is 28.2 Å². The van der Waals surface area contributed by atoms with Crippen molar-refractivity contribution in [3.05, 3.63) is 36.7 Å². The van der Waals surface area contributed by atoms with Crippen LogP contribution in [0, 0.1) is 0 Å². The lowest BCUT2D eigenvalue weighted by atomic mass is 10.2. The first-order chi connectivity index (χ1) is 10.7. The summed E-state index contributed by atoms with van der Waals surface area (Å²) in [6.07, 6.45) is 6.17. The molecule has 0 aliphatic carbocycles. The molecule has 0 radical (unpaired) electrons. The Bertz CT molecular complexity index is 650. The summed E-state index contributed by atoms with van der Waals surface area (Å²) in [4.78, 5) is 17.5. The molecule has 22 heavy (non-hydrogen) atoms. The molecule has 1 aliphatic rings. The second-order valence-corrected chi connectivity index (χ2v) is 6.32. The molecule has 3 rings (SSSR count). The van der Waals surface area contributed by atoms with Gasteiger partial charge in [0, 0.05) is 30.9 Å². The quantitative estimate of drug-likeness (QED) is 0.921. The Kier molecular flexibility index (Phi) is 4.80. The van der Waals surface area contributed by atoms with E-state index in [9.17, 15) is 4.79 Å². The molecule has 2 heterocycles. The van der Waals surface area contributed by atoms with Gasteiger partial charge in [0.1, 0.15) is 0 Å². The van der Waals surface area contributed by atoms with Crippen LogP contribution in [0.25, 0.3) is 0 Å². The number of nitrogens with one attached hydrogen (secondary N) is 1. The molecule has 2 aromatic rings. The van der Waals surface area contributed by atoms with Crippen molar-refractivity contribution in [1.82, 2.24) is 9.55 Å². The largest absolute Gasteiger partial charge is 0.378 e. The number of benzene rings is 1. The van der Waals surface area contributed by atoms with Gasteiger partial charge in [-0.2, -0.15) is 0 Å². The molecule has 1 N–H and O–H groups in total. The van der Waals surface area contributed by atoms with E-state index in [1.54, 1.807) is 6.20 Å². The summed E-state index contributed by atoms with van der Waals surface area (Å²) in [7, 11) is 1.95. The van der Waals surface area contributed by atoms with Crippen LogP contribution in [-0.2, 0) is 16.6 Å². The van der Waals surface area contributed by atoms with Crippen molar-refractivity contribution in [3.8, 4) is 0 Å². The van der Waals surface area contributed by atoms with Crippen LogP contribution in [0.15, 0.2) is 46.7 Å². The summed E-state index contributed by atoms with van der Waals surface area (Å²) in [6, 6.07) is 7.78. The Morgan fingerprint density at radius 3 is 3.09 bits per heavy atom. The Labute approximate surface area is 134 Å². The molecule has 1 saturated heterocycles. The highest BCUT2D eigenvalue weighted by Crippen LogP contribution is 2.32. The van der Waals surface area contributed by atoms with Crippen LogP contribution in [0.5, 0.6) is 0 Å². The van der Waals surface area contributed by atoms with Gasteiger partial charge in [0.15, 0.2) is 5.16 Å². The molecule has 5 nitrogen and oxygen atoms in total. The van der Waals surface area contributed by atoms with E-state index in [4.69, 9.17) is 4.74 Å². The van der Waals surface area contributed by atoms with Crippen LogP contribution in [0.3, 0.4) is 0 Å². The third-order valence-electron chi connectivity index (χ3n) is 3.58. The van der Waals surface area contributed by atoms with Crippen molar-refractivity contribution in [1.29, 1.82) is 0 Å². The van der Waals surface area contributed by atoms with E-state index in [2.05, 4.69) is 10.3 Å². The zero-order valence-corrected chi connectivity index (χ0v) is 13.3. The van der Waals surface area contributed by atoms with Gasteiger partial charge in [-0.1, -0.05) is 12.1 Å². The van der Waals surface area contributed by atoms with Gasteiger partial charge in [0.25, 0.3) is 0 Å². The summed E-state index contributed by atoms with van der Waals surface area (Å²) < 4.78 is 7.47. The standard InChI is InChI=1S/C16H19N3O2S/c1-19-9-8-17-16(19)22-14-7-3-2-6-13(14)18-15(20)11-12-5-4-10-21-12/h2-3,6-9,12H,4-5,10-11H2,1H3,(H,18,20)/t12-/m0/s1. The van der Waals surface area contributed by atoms with Gasteiger partial charge in [0.2, 0.25) is 5.91 Å². The molecule has 0 saturated carbocycles. The molecular weight excluding hydrogens is 298 g/mol. The maximum atomic E-state index is 12.2. The maximum absolute atomic E-state index is 12.2. The van der Waals surface area contributed by atoms with Crippen molar-refractivity contribution in [2.45, 2.75) is 35.4 Å². The topological polar surface area (TPSA) is 56.2 Å². The number of anilines is 1. The number of imidazole rings is 1. The first-order valence-corrected chi connectivity index (χ1v) is 8.19. The van der Waals surface area contributed by atoms with E-state index < -0.39 is 0 Å². The number of hydrogen-bond donors (Lipinski definition) is 1. The lowest BCUT2D eigenvalue weighted by Crippen LogP contribution is -2.19. The zero-order valence-electron chi connectivity index (χ0n) is 12.5. The Balaban J connectivity index is 1.68. The minimum atomic E-state index is -0.000194. The minimum Gasteiger partial charge on any atom is -0.378 e. The molecule has 0 unspecified atom stereocenters. The summed E-state index contributed by atoms with van der Waals surface area (Å²) in [5.74, 6) is -0.000194. The van der Waals surface area contributed by atoms with Crippen LogP contribution >= 0.6 is 11.8 Å². The van der Waals surface area contributed by atoms with Crippen molar-refractivity contribution >= 4 is 23.4 Å². The highest BCUT2D eigenvalue weighted by Gasteiger charge is 2.19. The third kappa shape index (κ3) is 3.69. The Morgan fingerprint density at radius 2 is 2.36 bits per heavy atom. The third-order valence-corrected chi connectivity index (χ3v) is 4.73. The summed E-state index contributed by atoms with van der Waals surface area (Å²) in [5.41, 5.74) is 0.818. The van der Waals surface area contributed by atoms with Crippen molar-refractivity contribution in [3.63, 3.8) is 0 Å². The number of para-hydroxylation sites is 1. The van der Waals surface area contributed by atoms with Gasteiger partial charge < -0.3 is 14.6 Å². The molecule has 116 valence electrons. The van der Waals surface area contributed by atoms with Crippen molar-refractivity contribution < 1.29 is 9.53 Å². The smallest absolute Gasteiger partial charge is 0.227 e. The molecule has 1 fully saturated rings. The van der Waals surface area contributed by atoms with E-state index in [0.29, 0.717) is 6.42 Å². The van der Waals surface area contributed by atoms with Crippen LogP contribution in [0.4, 0.5) is 5.69 Å². The first kappa shape index (κ1) is 15.1. The highest BCUT2D eigenvalue weighted by molar-refractivity contribution is 7.99. The fourth-order valence-electron chi connectivity index (χ4n) is 2.42. The molecule has 0 bridgehead atoms. The number of amides is 1. The Hall–Kier alpha value is -1.79. The second-order valence-electron chi connectivity index (χ2n) is 5.31. The predicted molar refractivity (Wildman–Crippen MR) is 86.0 cm³/mol. The van der Waals surface area contributed by atoms with E-state index in [1.165, 1.54) is 11.8 Å². The molecule has 1 aliphatic heterocycles. The van der Waals surface area contributed by atoms with Crippen LogP contribution in [0.2, 0.25) is 0 Å². The maximum Gasteiger partial charge on any atom is 0.227 e. The summed E-state index contributed by atoms with van der Waals surface area (Å²) in [6.45, 7) is 0.767. The van der Waals surface area contributed by atoms with Gasteiger partial charge in [-0.25, -0.2) is 4.98 Å². The van der Waals surface area contributed by atoms with Crippen molar-refractivity contribution in [2.75, 3.05) is 11.9 Å². The number of rotatable bonds is 5. The molecule has 6 heteroatoms. The molecule has 1 aromatic heterocycles. The highest BCUT2D eigenvalue weighted by atomic mass is 32.2. The van der Waals surface area contributed by atoms with Gasteiger partial charge in [-0.05, 0) is 36.7 Å². The molecule has 1 amide bonds. The Morgan fingerprint density at radius 1 is 1.50 bits per heavy atom. The fourth-order valence-corrected chi connectivity index (χ4v) is 3.31. The molecule has 0 spiro atoms. The fraction of sp³-hybridized carbons (Fsp3) is 0.375. The minimum absolute atomic E-state index is 0.000194. The lowest BCUT2D eigenvalue weighted by molar-refractivity contribution is -0.118. The number of aryl methyl sites for hydroxylation is 1. The number of nitrogens with zero attached hydrogens (tertiary/aromatic N) is 2. The number of ether oxygens (including phenoxy) is 1. The average Bonchev–Trinajstić information content (AvgIpc) is 3.14. The molecular formula is C16H19N3O2S. The predicted octanol–water partition coefficient (Wildman–Crippen LogP) is 3.08. The van der Waals surface area contributed by atoms with Crippen molar-refractivity contribution in [2.24, 2.45) is 7.05 Å². The van der Waals surface area contributed by atoms with Crippen LogP contribution < -0.4 is 5.32 Å². The van der Waals surface area contributed by atoms with E-state index >= 15 is 0 Å². The van der Waals surface area contributed by atoms with Gasteiger partial charge >= 0.3 is 0 Å². The number of aromatic nitrogens is 2. The van der Waals surface area contributed by atoms with E-state index in [-0.39, 0.29) is 12.0 Å². The molecule has 1 atom stereocenters. The summed E-state index contributed by atoms with van der Waals surface area (Å²) in [5, 5.41) is 3.88. The molecule has 1 aromatic carbocycles. The van der Waals surface area contributed by atoms with Crippen LogP contribution in [0.1, 0.15) is 19.3 Å². The second kappa shape index (κ2) is 6.98. The van der Waals surface area contributed by atoms with Gasteiger partial charge in [-0.3, -0.25) is 4.79 Å². The number of carbonyl (C=O) groups is 1. The first-order valence-electron chi connectivity index (χ1n) is 7.38. The zero-order chi connectivity index (χ0) is 15.4. The SMILES string of the molecule is Cn1ccnc1Sc1ccccc1NC(=O)C[C@@H]1CCCO1. The van der Waals surface area contributed by atoms with E-state index in [0.717, 1.165) is 35.2 Å². The number of hydrogen-bond acceptors (Lipinski definition) is 4. The van der Waals surface area contributed by atoms with E-state index in [1.807, 2.05) is 42.1 Å². The average molecular weight is 317 g/mol. The normalized spacial score (nSPS) is 17.6. The van der Waals surface area contributed by atoms with Gasteiger partial charge in [0.05, 0.1) is 18.2 Å². The monoisotopic (exact) mass is 317 g/mol.